The number of rotatable bonds is 5. The minimum Gasteiger partial charge on any atom is -0.465 e. The zero-order chi connectivity index (χ0) is 20.1. The van der Waals surface area contributed by atoms with Gasteiger partial charge in [0.05, 0.1) is 18.4 Å². The molecule has 28 heavy (non-hydrogen) atoms. The molecule has 0 fully saturated rings. The second-order valence-electron chi connectivity index (χ2n) is 5.88. The number of esters is 1. The fraction of sp³-hybridized carbons (Fsp3) is 0.100. The lowest BCUT2D eigenvalue weighted by Crippen LogP contribution is -2.15. The maximum Gasteiger partial charge on any atom is 0.339 e. The number of benzene rings is 2. The molecular weight excluding hydrogens is 380 g/mol. The van der Waals surface area contributed by atoms with Crippen molar-refractivity contribution in [2.24, 2.45) is 0 Å². The summed E-state index contributed by atoms with van der Waals surface area (Å²) in [6.45, 7) is 1.86. The highest BCUT2D eigenvalue weighted by atomic mass is 35.5. The van der Waals surface area contributed by atoms with Crippen molar-refractivity contribution in [2.75, 3.05) is 17.7 Å². The normalized spacial score (nSPS) is 10.2. The molecule has 2 N–H and O–H groups in total. The number of aromatic nitrogens is 2. The summed E-state index contributed by atoms with van der Waals surface area (Å²) in [6.07, 6.45) is 0. The summed E-state index contributed by atoms with van der Waals surface area (Å²) >= 11 is 5.97. The molecule has 3 aromatic rings. The topological polar surface area (TPSA) is 93.2 Å². The molecule has 0 unspecified atom stereocenters. The number of anilines is 3. The number of amides is 1. The van der Waals surface area contributed by atoms with Crippen LogP contribution >= 0.6 is 11.6 Å². The molecule has 0 spiro atoms. The fourth-order valence-corrected chi connectivity index (χ4v) is 2.63. The van der Waals surface area contributed by atoms with Gasteiger partial charge in [0.1, 0.15) is 0 Å². The summed E-state index contributed by atoms with van der Waals surface area (Å²) in [5, 5.41) is 14.2. The molecule has 1 amide bonds. The van der Waals surface area contributed by atoms with E-state index in [1.807, 2.05) is 13.0 Å². The van der Waals surface area contributed by atoms with E-state index in [2.05, 4.69) is 20.8 Å². The molecule has 142 valence electrons. The average Bonchev–Trinajstić information content (AvgIpc) is 2.71. The first kappa shape index (κ1) is 19.3. The first-order valence-corrected chi connectivity index (χ1v) is 8.71. The van der Waals surface area contributed by atoms with Crippen LogP contribution in [0.4, 0.5) is 17.2 Å². The highest BCUT2D eigenvalue weighted by Gasteiger charge is 2.13. The molecular formula is C20H17ClN4O3. The van der Waals surface area contributed by atoms with Gasteiger partial charge in [0, 0.05) is 10.7 Å². The van der Waals surface area contributed by atoms with Gasteiger partial charge in [-0.15, -0.1) is 10.2 Å². The molecule has 0 aliphatic heterocycles. The van der Waals surface area contributed by atoms with Crippen LogP contribution < -0.4 is 10.6 Å². The maximum absolute atomic E-state index is 12.4. The quantitative estimate of drug-likeness (QED) is 0.627. The van der Waals surface area contributed by atoms with E-state index in [9.17, 15) is 9.59 Å². The van der Waals surface area contributed by atoms with Gasteiger partial charge in [-0.05, 0) is 48.9 Å². The molecule has 0 atom stereocenters. The van der Waals surface area contributed by atoms with Crippen molar-refractivity contribution in [1.29, 1.82) is 0 Å². The number of carbonyl (C=O) groups excluding carboxylic acids is 2. The smallest absolute Gasteiger partial charge is 0.339 e. The van der Waals surface area contributed by atoms with E-state index in [4.69, 9.17) is 16.3 Å². The van der Waals surface area contributed by atoms with Crippen LogP contribution in [0.1, 0.15) is 26.4 Å². The highest BCUT2D eigenvalue weighted by molar-refractivity contribution is 6.31. The number of carbonyl (C=O) groups is 2. The SMILES string of the molecule is COC(=O)c1ccccc1Nc1ccc(C(=O)Nc2cc(Cl)ccc2C)nn1. The average molecular weight is 397 g/mol. The first-order chi connectivity index (χ1) is 13.5. The fourth-order valence-electron chi connectivity index (χ4n) is 2.45. The van der Waals surface area contributed by atoms with Crippen molar-refractivity contribution in [3.05, 3.63) is 76.4 Å². The van der Waals surface area contributed by atoms with Gasteiger partial charge in [0.25, 0.3) is 5.91 Å². The van der Waals surface area contributed by atoms with E-state index < -0.39 is 11.9 Å². The number of methoxy groups -OCH3 is 1. The van der Waals surface area contributed by atoms with Gasteiger partial charge in [-0.2, -0.15) is 0 Å². The van der Waals surface area contributed by atoms with Crippen molar-refractivity contribution in [3.63, 3.8) is 0 Å². The molecule has 0 saturated heterocycles. The Morgan fingerprint density at radius 1 is 1.00 bits per heavy atom. The number of halogens is 1. The predicted octanol–water partition coefficient (Wildman–Crippen LogP) is 4.22. The predicted molar refractivity (Wildman–Crippen MR) is 107 cm³/mol. The van der Waals surface area contributed by atoms with Crippen molar-refractivity contribution < 1.29 is 14.3 Å². The van der Waals surface area contributed by atoms with E-state index in [0.717, 1.165) is 5.56 Å². The lowest BCUT2D eigenvalue weighted by Gasteiger charge is -2.10. The van der Waals surface area contributed by atoms with Crippen LogP contribution in [0.25, 0.3) is 0 Å². The molecule has 8 heteroatoms. The van der Waals surface area contributed by atoms with Crippen LogP contribution in [-0.4, -0.2) is 29.2 Å². The van der Waals surface area contributed by atoms with Gasteiger partial charge in [0.15, 0.2) is 11.5 Å². The van der Waals surface area contributed by atoms with Crippen molar-refractivity contribution >= 4 is 40.7 Å². The standard InChI is InChI=1S/C20H17ClN4O3/c1-12-7-8-13(21)11-17(12)23-19(26)16-9-10-18(25-24-16)22-15-6-4-3-5-14(15)20(27)28-2/h3-11H,1-2H3,(H,22,25)(H,23,26). The number of ether oxygens (including phenoxy) is 1. The Labute approximate surface area is 166 Å². The Morgan fingerprint density at radius 2 is 1.79 bits per heavy atom. The van der Waals surface area contributed by atoms with Crippen molar-refractivity contribution in [1.82, 2.24) is 10.2 Å². The minimum atomic E-state index is -0.469. The third-order valence-electron chi connectivity index (χ3n) is 3.94. The lowest BCUT2D eigenvalue weighted by molar-refractivity contribution is 0.0601. The van der Waals surface area contributed by atoms with Gasteiger partial charge in [-0.25, -0.2) is 4.79 Å². The van der Waals surface area contributed by atoms with Gasteiger partial charge in [-0.1, -0.05) is 29.8 Å². The number of hydrogen-bond donors (Lipinski definition) is 2. The zero-order valence-electron chi connectivity index (χ0n) is 15.2. The summed E-state index contributed by atoms with van der Waals surface area (Å²) < 4.78 is 4.76. The Balaban J connectivity index is 1.74. The van der Waals surface area contributed by atoms with Gasteiger partial charge in [-0.3, -0.25) is 4.79 Å². The third-order valence-corrected chi connectivity index (χ3v) is 4.18. The molecule has 0 saturated carbocycles. The summed E-state index contributed by atoms with van der Waals surface area (Å²) in [4.78, 5) is 24.2. The van der Waals surface area contributed by atoms with Crippen LogP contribution in [0.2, 0.25) is 5.02 Å². The molecule has 0 bridgehead atoms. The lowest BCUT2D eigenvalue weighted by atomic mass is 10.2. The maximum atomic E-state index is 12.4. The third kappa shape index (κ3) is 4.44. The number of para-hydroxylation sites is 1. The van der Waals surface area contributed by atoms with Crippen LogP contribution in [0.15, 0.2) is 54.6 Å². The van der Waals surface area contributed by atoms with E-state index in [1.165, 1.54) is 13.2 Å². The highest BCUT2D eigenvalue weighted by Crippen LogP contribution is 2.22. The van der Waals surface area contributed by atoms with E-state index in [-0.39, 0.29) is 5.69 Å². The van der Waals surface area contributed by atoms with E-state index in [1.54, 1.807) is 42.5 Å². The second-order valence-corrected chi connectivity index (χ2v) is 6.32. The first-order valence-electron chi connectivity index (χ1n) is 8.33. The Bertz CT molecular complexity index is 1020. The molecule has 0 aliphatic rings. The zero-order valence-corrected chi connectivity index (χ0v) is 15.9. The molecule has 7 nitrogen and oxygen atoms in total. The number of hydrogen-bond acceptors (Lipinski definition) is 6. The molecule has 1 heterocycles. The summed E-state index contributed by atoms with van der Waals surface area (Å²) in [7, 11) is 1.31. The van der Waals surface area contributed by atoms with Crippen LogP contribution in [0.3, 0.4) is 0 Å². The van der Waals surface area contributed by atoms with Crippen LogP contribution in [-0.2, 0) is 4.74 Å². The molecule has 0 aliphatic carbocycles. The van der Waals surface area contributed by atoms with Crippen molar-refractivity contribution in [2.45, 2.75) is 6.92 Å². The largest absolute Gasteiger partial charge is 0.465 e. The number of nitrogens with one attached hydrogen (secondary N) is 2. The summed E-state index contributed by atoms with van der Waals surface area (Å²) in [6, 6.07) is 15.2. The number of aryl methyl sites for hydroxylation is 1. The summed E-state index contributed by atoms with van der Waals surface area (Å²) in [5.41, 5.74) is 2.52. The van der Waals surface area contributed by atoms with Crippen molar-refractivity contribution in [3.8, 4) is 0 Å². The molecule has 2 aromatic carbocycles. The number of nitrogens with zero attached hydrogens (tertiary/aromatic N) is 2. The van der Waals surface area contributed by atoms with Gasteiger partial charge < -0.3 is 15.4 Å². The monoisotopic (exact) mass is 396 g/mol. The van der Waals surface area contributed by atoms with Crippen LogP contribution in [0, 0.1) is 6.92 Å². The van der Waals surface area contributed by atoms with E-state index in [0.29, 0.717) is 27.8 Å². The summed E-state index contributed by atoms with van der Waals surface area (Å²) in [5.74, 6) is -0.491. The second kappa shape index (κ2) is 8.49. The van der Waals surface area contributed by atoms with Crippen LogP contribution in [0.5, 0.6) is 0 Å². The molecule has 0 radical (unpaired) electrons. The molecule has 3 rings (SSSR count). The Kier molecular flexibility index (Phi) is 5.86. The van der Waals surface area contributed by atoms with Gasteiger partial charge >= 0.3 is 5.97 Å². The van der Waals surface area contributed by atoms with E-state index >= 15 is 0 Å². The minimum absolute atomic E-state index is 0.145. The van der Waals surface area contributed by atoms with Gasteiger partial charge in [0.2, 0.25) is 0 Å². The molecule has 1 aromatic heterocycles. The Morgan fingerprint density at radius 3 is 2.50 bits per heavy atom. The Hall–Kier alpha value is -3.45.